The average molecular weight is 619 g/mol. The molecular formula is C39H63KO3-2. The summed E-state index contributed by atoms with van der Waals surface area (Å²) < 4.78 is 11.7. The van der Waals surface area contributed by atoms with Crippen LogP contribution >= 0.6 is 0 Å². The third kappa shape index (κ3) is 17.6. The van der Waals surface area contributed by atoms with E-state index in [4.69, 9.17) is 9.47 Å². The molecule has 1 atom stereocenters. The van der Waals surface area contributed by atoms with Crippen LogP contribution in [-0.4, -0.2) is 25.3 Å². The van der Waals surface area contributed by atoms with Crippen molar-refractivity contribution in [2.24, 2.45) is 5.92 Å². The Balaban J connectivity index is -0.000000651. The van der Waals surface area contributed by atoms with Gasteiger partial charge in [0.05, 0.1) is 13.2 Å². The minimum absolute atomic E-state index is 0. The SMILES string of the molecule is C=C/C=C\C(=[C-]C)/C(C)=C\[C-]=O.CC.CCC(C)C.CCc1cc(C2CCC3(CC2)OCCO3)ccc1C(C)CC.[CH3-].[K+]. The van der Waals surface area contributed by atoms with E-state index in [0.29, 0.717) is 11.8 Å². The second-order valence-electron chi connectivity index (χ2n) is 11.0. The van der Waals surface area contributed by atoms with E-state index in [9.17, 15) is 4.79 Å². The summed E-state index contributed by atoms with van der Waals surface area (Å²) in [5, 5.41) is 0. The molecule has 43 heavy (non-hydrogen) atoms. The Morgan fingerprint density at radius 2 is 1.63 bits per heavy atom. The molecule has 3 nitrogen and oxygen atoms in total. The number of hydrogen-bond donors (Lipinski definition) is 0. The molecule has 0 radical (unpaired) electrons. The van der Waals surface area contributed by atoms with Crippen LogP contribution in [0.4, 0.5) is 0 Å². The Hall–Kier alpha value is -0.594. The van der Waals surface area contributed by atoms with Crippen LogP contribution < -0.4 is 51.4 Å². The molecule has 0 aromatic heterocycles. The third-order valence-corrected chi connectivity index (χ3v) is 7.91. The number of ether oxygens (including phenoxy) is 2. The van der Waals surface area contributed by atoms with E-state index >= 15 is 0 Å². The van der Waals surface area contributed by atoms with Crippen LogP contribution in [0.2, 0.25) is 0 Å². The average Bonchev–Trinajstić information content (AvgIpc) is 3.46. The molecule has 1 aliphatic carbocycles. The van der Waals surface area contributed by atoms with Gasteiger partial charge in [0, 0.05) is 12.8 Å². The van der Waals surface area contributed by atoms with Crippen molar-refractivity contribution in [1.82, 2.24) is 0 Å². The van der Waals surface area contributed by atoms with Gasteiger partial charge in [-0.15, -0.1) is 19.6 Å². The molecule has 1 aromatic rings. The number of aryl methyl sites for hydroxylation is 1. The first-order valence-corrected chi connectivity index (χ1v) is 16.0. The molecule has 0 amide bonds. The van der Waals surface area contributed by atoms with Gasteiger partial charge in [-0.25, -0.2) is 17.2 Å². The van der Waals surface area contributed by atoms with E-state index in [2.05, 4.69) is 72.4 Å². The van der Waals surface area contributed by atoms with Gasteiger partial charge in [-0.05, 0) is 66.4 Å². The van der Waals surface area contributed by atoms with Crippen molar-refractivity contribution in [3.8, 4) is 0 Å². The van der Waals surface area contributed by atoms with Crippen molar-refractivity contribution in [2.45, 2.75) is 132 Å². The Kier molecular flexibility index (Phi) is 30.2. The molecule has 240 valence electrons. The van der Waals surface area contributed by atoms with Gasteiger partial charge >= 0.3 is 51.4 Å². The zero-order valence-corrected chi connectivity index (χ0v) is 33.2. The van der Waals surface area contributed by atoms with Crippen LogP contribution in [0.25, 0.3) is 0 Å². The van der Waals surface area contributed by atoms with E-state index in [1.54, 1.807) is 36.5 Å². The van der Waals surface area contributed by atoms with Gasteiger partial charge in [0.25, 0.3) is 0 Å². The molecule has 0 N–H and O–H groups in total. The van der Waals surface area contributed by atoms with Gasteiger partial charge in [0.2, 0.25) is 0 Å². The molecule has 2 aliphatic rings. The van der Waals surface area contributed by atoms with Crippen molar-refractivity contribution in [3.05, 3.63) is 90.4 Å². The number of allylic oxidation sites excluding steroid dienone is 7. The smallest absolute Gasteiger partial charge is 0.419 e. The zero-order valence-electron chi connectivity index (χ0n) is 30.1. The van der Waals surface area contributed by atoms with Crippen molar-refractivity contribution in [3.63, 3.8) is 0 Å². The topological polar surface area (TPSA) is 35.5 Å². The molecule has 4 heteroatoms. The summed E-state index contributed by atoms with van der Waals surface area (Å²) in [6.07, 6.45) is 19.5. The fraction of sp³-hybridized carbons (Fsp3) is 0.590. The summed E-state index contributed by atoms with van der Waals surface area (Å²) in [6, 6.07) is 7.23. The van der Waals surface area contributed by atoms with E-state index in [-0.39, 0.29) is 64.6 Å². The molecule has 2 fully saturated rings. The molecule has 1 unspecified atom stereocenters. The summed E-state index contributed by atoms with van der Waals surface area (Å²) in [4.78, 5) is 10.0. The van der Waals surface area contributed by atoms with Crippen molar-refractivity contribution < 1.29 is 65.7 Å². The number of rotatable bonds is 9. The van der Waals surface area contributed by atoms with Gasteiger partial charge in [-0.1, -0.05) is 93.0 Å². The third-order valence-electron chi connectivity index (χ3n) is 7.91. The van der Waals surface area contributed by atoms with Gasteiger partial charge in [0.15, 0.2) is 5.79 Å². The first-order chi connectivity index (χ1) is 19.7. The first-order valence-electron chi connectivity index (χ1n) is 16.0. The predicted molar refractivity (Wildman–Crippen MR) is 184 cm³/mol. The van der Waals surface area contributed by atoms with E-state index in [0.717, 1.165) is 49.5 Å². The van der Waals surface area contributed by atoms with Gasteiger partial charge < -0.3 is 21.7 Å². The Labute approximate surface area is 310 Å². The maximum Gasteiger partial charge on any atom is 1.00 e. The molecule has 1 aliphatic heterocycles. The Morgan fingerprint density at radius 3 is 2.05 bits per heavy atom. The Bertz CT molecular complexity index is 941. The van der Waals surface area contributed by atoms with Crippen molar-refractivity contribution in [2.75, 3.05) is 13.2 Å². The quantitative estimate of drug-likeness (QED) is 0.121. The summed E-state index contributed by atoms with van der Waals surface area (Å²) in [6.45, 7) is 26.3. The number of hydrogen-bond acceptors (Lipinski definition) is 3. The molecule has 3 rings (SSSR count). The summed E-state index contributed by atoms with van der Waals surface area (Å²) >= 11 is 0. The largest absolute Gasteiger partial charge is 1.00 e. The monoisotopic (exact) mass is 618 g/mol. The molecule has 0 bridgehead atoms. The van der Waals surface area contributed by atoms with Gasteiger partial charge in [-0.3, -0.25) is 0 Å². The van der Waals surface area contributed by atoms with Crippen LogP contribution in [0.15, 0.2) is 60.2 Å². The number of benzene rings is 1. The molecule has 1 heterocycles. The van der Waals surface area contributed by atoms with Gasteiger partial charge in [0.1, 0.15) is 0 Å². The van der Waals surface area contributed by atoms with Crippen LogP contribution in [0.1, 0.15) is 136 Å². The van der Waals surface area contributed by atoms with Gasteiger partial charge in [-0.2, -0.15) is 12.2 Å². The van der Waals surface area contributed by atoms with E-state index in [1.807, 2.05) is 26.8 Å². The summed E-state index contributed by atoms with van der Waals surface area (Å²) in [7, 11) is 0. The normalized spacial score (nSPS) is 16.8. The van der Waals surface area contributed by atoms with Crippen LogP contribution in [0, 0.1) is 19.4 Å². The molecule has 1 aromatic carbocycles. The Morgan fingerprint density at radius 1 is 1.07 bits per heavy atom. The summed E-state index contributed by atoms with van der Waals surface area (Å²) in [5.74, 6) is 1.99. The minimum atomic E-state index is -0.235. The fourth-order valence-electron chi connectivity index (χ4n) is 4.81. The van der Waals surface area contributed by atoms with Crippen LogP contribution in [0.5, 0.6) is 0 Å². The van der Waals surface area contributed by atoms with E-state index in [1.165, 1.54) is 37.3 Å². The summed E-state index contributed by atoms with van der Waals surface area (Å²) in [5.41, 5.74) is 6.35. The minimum Gasteiger partial charge on any atom is -0.419 e. The fourth-order valence-corrected chi connectivity index (χ4v) is 4.81. The van der Waals surface area contributed by atoms with Crippen molar-refractivity contribution in [1.29, 1.82) is 0 Å². The maximum absolute atomic E-state index is 10.0. The molecule has 1 spiro atoms. The predicted octanol–water partition coefficient (Wildman–Crippen LogP) is 8.23. The zero-order chi connectivity index (χ0) is 31.3. The van der Waals surface area contributed by atoms with Crippen molar-refractivity contribution >= 4 is 6.29 Å². The number of carbonyl (C=O) groups excluding carboxylic acids is 1. The van der Waals surface area contributed by atoms with E-state index < -0.39 is 0 Å². The molecular weight excluding hydrogens is 556 g/mol. The van der Waals surface area contributed by atoms with Crippen LogP contribution in [0.3, 0.4) is 0 Å². The molecule has 1 saturated carbocycles. The molecule has 1 saturated heterocycles. The van der Waals surface area contributed by atoms with Crippen LogP contribution in [-0.2, 0) is 20.7 Å². The second kappa shape index (κ2) is 27.7. The standard InChI is InChI=1S/C20H30O2.C11H12O.C5H12.C2H6.CH3.K/c1-4-15(3)19-7-6-18(14-16(19)5-2)17-8-10-20(11-9-17)21-12-13-22-20;1-4-6-7-11(5-2)10(3)8-9-12;1-4-5(2)3;1-2;;/h6-7,14-15,17H,4-5,8-13H2,1-3H3;4,6-8H,1H2,2-3H3;5H,4H2,1-3H3;1-2H3;1H3;/q;-2;;;-1;+1/b;7-6-,10-8-;;;;. The second-order valence-corrected chi connectivity index (χ2v) is 11.0. The first kappa shape index (κ1) is 46.8. The maximum atomic E-state index is 10.0.